The minimum Gasteiger partial charge on any atom is -0.387 e. The van der Waals surface area contributed by atoms with Gasteiger partial charge < -0.3 is 69.4 Å². The number of anilines is 1. The summed E-state index contributed by atoms with van der Waals surface area (Å²) in [4.78, 5) is 36.6. The average Bonchev–Trinajstić information content (AvgIpc) is 4.00. The third-order valence-corrected chi connectivity index (χ3v) is 11.9. The minimum atomic E-state index is -1.10. The second-order valence-corrected chi connectivity index (χ2v) is 16.2. The topological polar surface area (TPSA) is 240 Å². The van der Waals surface area contributed by atoms with Crippen molar-refractivity contribution >= 4 is 52.4 Å². The zero-order valence-corrected chi connectivity index (χ0v) is 35.5. The normalized spacial score (nSPS) is 23.8. The van der Waals surface area contributed by atoms with Gasteiger partial charge in [-0.25, -0.2) is 19.7 Å². The van der Waals surface area contributed by atoms with Crippen LogP contribution in [0.2, 0.25) is 0 Å². The van der Waals surface area contributed by atoms with Crippen molar-refractivity contribution < 1.29 is 57.7 Å². The maximum atomic E-state index is 12.1. The number of carbonyl (C=O) groups excluding carboxylic acids is 2. The Kier molecular flexibility index (Phi) is 22.0. The molecule has 3 aliphatic rings. The van der Waals surface area contributed by atoms with E-state index in [1.54, 1.807) is 4.57 Å². The molecule has 0 aromatic carbocycles. The molecule has 59 heavy (non-hydrogen) atoms. The third kappa shape index (κ3) is 16.0. The molecule has 3 fully saturated rings. The summed E-state index contributed by atoms with van der Waals surface area (Å²) in [5.74, 6) is 2.09. The lowest BCUT2D eigenvalue weighted by Crippen LogP contribution is -2.36. The predicted molar refractivity (Wildman–Crippen MR) is 221 cm³/mol. The Balaban J connectivity index is 0.722. The van der Waals surface area contributed by atoms with Crippen molar-refractivity contribution in [2.75, 3.05) is 129 Å². The van der Waals surface area contributed by atoms with E-state index in [-0.39, 0.29) is 24.0 Å². The molecule has 6 N–H and O–H groups in total. The smallest absolute Gasteiger partial charge is 0.315 e. The molecule has 22 heteroatoms. The SMILES string of the molecule is CSC[C@H]1O[C@@H](n2cnc3c(NCCOCCOCCOCCOCCOCCOCCOCCNC(=O)CCCC[C@@H]4SCC5NC(=O)NC54)ncnc32)[C@H](O)[C@@H]1O. The highest BCUT2D eigenvalue weighted by molar-refractivity contribution is 8.00. The Labute approximate surface area is 353 Å². The number of unbranched alkanes of at least 4 members (excludes halogenated alkanes) is 1. The quantitative estimate of drug-likeness (QED) is 0.0414. The van der Waals surface area contributed by atoms with Crippen molar-refractivity contribution in [3.8, 4) is 0 Å². The Morgan fingerprint density at radius 3 is 2.08 bits per heavy atom. The molecule has 2 aromatic rings. The number of imidazole rings is 1. The Bertz CT molecular complexity index is 1500. The van der Waals surface area contributed by atoms with Gasteiger partial charge >= 0.3 is 6.03 Å². The van der Waals surface area contributed by atoms with Crippen LogP contribution in [-0.4, -0.2) is 201 Å². The number of hydrogen-bond donors (Lipinski definition) is 6. The first kappa shape index (κ1) is 47.4. The average molecular weight is 875 g/mol. The van der Waals surface area contributed by atoms with Crippen LogP contribution in [0.15, 0.2) is 12.7 Å². The number of aliphatic hydroxyl groups excluding tert-OH is 2. The number of aliphatic hydroxyl groups is 2. The first-order valence-electron chi connectivity index (χ1n) is 20.4. The lowest BCUT2D eigenvalue weighted by molar-refractivity contribution is -0.121. The lowest BCUT2D eigenvalue weighted by Gasteiger charge is -2.16. The summed E-state index contributed by atoms with van der Waals surface area (Å²) in [5, 5.41) is 33.4. The van der Waals surface area contributed by atoms with Gasteiger partial charge in [-0.2, -0.15) is 23.5 Å². The van der Waals surface area contributed by atoms with Gasteiger partial charge in [0.2, 0.25) is 5.91 Å². The summed E-state index contributed by atoms with van der Waals surface area (Å²) in [6.45, 7) is 7.30. The van der Waals surface area contributed by atoms with Crippen LogP contribution >= 0.6 is 23.5 Å². The Morgan fingerprint density at radius 1 is 0.847 bits per heavy atom. The highest BCUT2D eigenvalue weighted by Crippen LogP contribution is 2.34. The number of fused-ring (bicyclic) bond motifs is 2. The van der Waals surface area contributed by atoms with Gasteiger partial charge in [0.15, 0.2) is 23.2 Å². The number of ether oxygens (including phenoxy) is 8. The van der Waals surface area contributed by atoms with Gasteiger partial charge in [0.1, 0.15) is 18.5 Å². The summed E-state index contributed by atoms with van der Waals surface area (Å²) in [5.41, 5.74) is 1.02. The molecule has 2 aromatic heterocycles. The summed E-state index contributed by atoms with van der Waals surface area (Å²) in [6.07, 6.45) is 4.82. The summed E-state index contributed by atoms with van der Waals surface area (Å²) >= 11 is 3.43. The molecule has 3 aliphatic heterocycles. The molecular formula is C37H62N8O12S2. The molecule has 5 heterocycles. The summed E-state index contributed by atoms with van der Waals surface area (Å²) in [7, 11) is 0. The number of amides is 3. The highest BCUT2D eigenvalue weighted by Gasteiger charge is 2.44. The zero-order chi connectivity index (χ0) is 41.5. The van der Waals surface area contributed by atoms with Crippen molar-refractivity contribution in [1.29, 1.82) is 0 Å². The van der Waals surface area contributed by atoms with Crippen LogP contribution in [0.5, 0.6) is 0 Å². The summed E-state index contributed by atoms with van der Waals surface area (Å²) < 4.78 is 46.3. The maximum absolute atomic E-state index is 12.1. The fourth-order valence-electron chi connectivity index (χ4n) is 6.72. The monoisotopic (exact) mass is 874 g/mol. The number of nitrogens with one attached hydrogen (secondary N) is 4. The lowest BCUT2D eigenvalue weighted by atomic mass is 10.0. The Morgan fingerprint density at radius 2 is 1.46 bits per heavy atom. The number of nitrogens with zero attached hydrogens (tertiary/aromatic N) is 4. The van der Waals surface area contributed by atoms with Crippen LogP contribution in [0.4, 0.5) is 10.6 Å². The second-order valence-electron chi connectivity index (χ2n) is 14.0. The number of rotatable bonds is 33. The van der Waals surface area contributed by atoms with E-state index in [1.807, 2.05) is 18.0 Å². The Hall–Kier alpha value is -2.61. The molecule has 334 valence electrons. The molecule has 3 amide bonds. The zero-order valence-electron chi connectivity index (χ0n) is 33.8. The maximum Gasteiger partial charge on any atom is 0.315 e. The van der Waals surface area contributed by atoms with E-state index in [9.17, 15) is 19.8 Å². The van der Waals surface area contributed by atoms with Gasteiger partial charge in [-0.1, -0.05) is 6.42 Å². The van der Waals surface area contributed by atoms with Gasteiger partial charge in [-0.3, -0.25) is 9.36 Å². The van der Waals surface area contributed by atoms with Crippen LogP contribution in [0.1, 0.15) is 31.9 Å². The van der Waals surface area contributed by atoms with E-state index < -0.39 is 24.5 Å². The van der Waals surface area contributed by atoms with Gasteiger partial charge in [0, 0.05) is 36.3 Å². The van der Waals surface area contributed by atoms with E-state index >= 15 is 0 Å². The molecule has 0 radical (unpaired) electrons. The molecule has 0 spiro atoms. The van der Waals surface area contributed by atoms with Crippen LogP contribution in [0.25, 0.3) is 11.2 Å². The van der Waals surface area contributed by atoms with Crippen molar-refractivity contribution in [3.63, 3.8) is 0 Å². The van der Waals surface area contributed by atoms with Crippen LogP contribution < -0.4 is 21.3 Å². The molecule has 7 atom stereocenters. The van der Waals surface area contributed by atoms with Gasteiger partial charge in [-0.05, 0) is 19.1 Å². The molecule has 5 rings (SSSR count). The van der Waals surface area contributed by atoms with Crippen molar-refractivity contribution in [3.05, 3.63) is 12.7 Å². The molecule has 0 aliphatic carbocycles. The van der Waals surface area contributed by atoms with E-state index in [2.05, 4.69) is 36.2 Å². The first-order valence-corrected chi connectivity index (χ1v) is 22.8. The standard InChI is InChI=1S/C37H62N8O12S2/c1-58-23-27-32(47)33(48)36(57-27)45-25-42-31-34(40-24-41-35(31)45)39-7-9-51-11-13-53-15-17-55-19-21-56-20-18-54-16-14-52-12-10-50-8-6-38-29(46)5-3-2-4-28-30-26(22-59-28)43-37(49)44-30/h24-28,30,32-33,36,47-48H,2-23H2,1H3,(H,38,46)(H,39,40,41)(H2,43,44,49)/t26?,27-,28+,30?,32-,33-,36-/m1/s1. The number of hydrogen-bond acceptors (Lipinski definition) is 18. The largest absolute Gasteiger partial charge is 0.387 e. The van der Waals surface area contributed by atoms with E-state index in [1.165, 1.54) is 24.4 Å². The van der Waals surface area contributed by atoms with E-state index in [0.717, 1.165) is 25.0 Å². The highest BCUT2D eigenvalue weighted by atomic mass is 32.2. The van der Waals surface area contributed by atoms with Gasteiger partial charge in [0.05, 0.1) is 117 Å². The van der Waals surface area contributed by atoms with Gasteiger partial charge in [-0.15, -0.1) is 0 Å². The molecule has 20 nitrogen and oxygen atoms in total. The molecule has 0 bridgehead atoms. The fourth-order valence-corrected chi connectivity index (χ4v) is 8.86. The van der Waals surface area contributed by atoms with Crippen molar-refractivity contribution in [1.82, 2.24) is 35.5 Å². The number of thioether (sulfide) groups is 2. The van der Waals surface area contributed by atoms with Crippen LogP contribution in [0.3, 0.4) is 0 Å². The minimum absolute atomic E-state index is 0.0361. The van der Waals surface area contributed by atoms with E-state index in [4.69, 9.17) is 37.9 Å². The second kappa shape index (κ2) is 27.4. The predicted octanol–water partition coefficient (Wildman–Crippen LogP) is 0.179. The van der Waals surface area contributed by atoms with Crippen LogP contribution in [-0.2, 0) is 42.7 Å². The number of carbonyl (C=O) groups is 2. The third-order valence-electron chi connectivity index (χ3n) is 9.72. The number of aromatic nitrogens is 4. The van der Waals surface area contributed by atoms with E-state index in [0.29, 0.717) is 140 Å². The van der Waals surface area contributed by atoms with Crippen molar-refractivity contribution in [2.45, 2.75) is 67.6 Å². The molecule has 0 saturated carbocycles. The van der Waals surface area contributed by atoms with Gasteiger partial charge in [0.25, 0.3) is 0 Å². The molecule has 3 saturated heterocycles. The number of urea groups is 1. The van der Waals surface area contributed by atoms with Crippen molar-refractivity contribution in [2.24, 2.45) is 0 Å². The molecular weight excluding hydrogens is 813 g/mol. The fraction of sp³-hybridized carbons (Fsp3) is 0.811. The molecule has 2 unspecified atom stereocenters. The first-order chi connectivity index (χ1) is 29.0. The van der Waals surface area contributed by atoms with Crippen LogP contribution in [0, 0.1) is 0 Å². The summed E-state index contributed by atoms with van der Waals surface area (Å²) in [6, 6.07) is 0.389.